The molecule has 0 spiro atoms. The molecule has 0 heterocycles. The predicted molar refractivity (Wildman–Crippen MR) is 118 cm³/mol. The summed E-state index contributed by atoms with van der Waals surface area (Å²) in [6.07, 6.45) is 1.47. The quantitative estimate of drug-likeness (QED) is 0.224. The largest absolute Gasteiger partial charge is 0.484 e. The molecule has 0 aromatic heterocycles. The Bertz CT molecular complexity index is 1050. The Morgan fingerprint density at radius 3 is 2.33 bits per heavy atom. The molecule has 0 aliphatic heterocycles. The van der Waals surface area contributed by atoms with Crippen molar-refractivity contribution in [3.63, 3.8) is 0 Å². The maximum Gasteiger partial charge on any atom is 0.344 e. The molecule has 0 aliphatic carbocycles. The molecular formula is C22H16BrClN2O4. The van der Waals surface area contributed by atoms with Crippen molar-refractivity contribution in [2.75, 3.05) is 6.61 Å². The lowest BCUT2D eigenvalue weighted by Gasteiger charge is -2.06. The molecule has 0 atom stereocenters. The number of nitrogens with zero attached hydrogens (tertiary/aromatic N) is 1. The maximum absolute atomic E-state index is 12.2. The van der Waals surface area contributed by atoms with E-state index in [4.69, 9.17) is 21.1 Å². The minimum atomic E-state index is -0.461. The van der Waals surface area contributed by atoms with Crippen LogP contribution in [0.15, 0.2) is 82.4 Å². The van der Waals surface area contributed by atoms with Crippen LogP contribution >= 0.6 is 27.5 Å². The number of hydrogen-bond acceptors (Lipinski definition) is 5. The van der Waals surface area contributed by atoms with Gasteiger partial charge in [-0.15, -0.1) is 0 Å². The first-order valence-electron chi connectivity index (χ1n) is 8.78. The van der Waals surface area contributed by atoms with E-state index in [9.17, 15) is 9.59 Å². The summed E-state index contributed by atoms with van der Waals surface area (Å²) in [4.78, 5) is 24.0. The lowest BCUT2D eigenvalue weighted by molar-refractivity contribution is -0.123. The molecule has 3 rings (SSSR count). The summed E-state index contributed by atoms with van der Waals surface area (Å²) >= 11 is 9.11. The van der Waals surface area contributed by atoms with Crippen molar-refractivity contribution in [1.82, 2.24) is 5.43 Å². The zero-order valence-electron chi connectivity index (χ0n) is 15.5. The molecule has 1 amide bonds. The first kappa shape index (κ1) is 21.5. The van der Waals surface area contributed by atoms with E-state index < -0.39 is 11.9 Å². The normalized spacial score (nSPS) is 10.6. The summed E-state index contributed by atoms with van der Waals surface area (Å²) in [5.74, 6) is 0.0662. The van der Waals surface area contributed by atoms with Gasteiger partial charge in [-0.05, 0) is 82.2 Å². The monoisotopic (exact) mass is 486 g/mol. The van der Waals surface area contributed by atoms with Crippen LogP contribution in [0.4, 0.5) is 0 Å². The molecule has 0 saturated carbocycles. The molecule has 0 fully saturated rings. The Labute approximate surface area is 186 Å². The Balaban J connectivity index is 1.47. The van der Waals surface area contributed by atoms with Crippen molar-refractivity contribution >= 4 is 45.6 Å². The number of hydrazone groups is 1. The van der Waals surface area contributed by atoms with Crippen LogP contribution in [0.1, 0.15) is 15.9 Å². The van der Waals surface area contributed by atoms with Gasteiger partial charge in [0.1, 0.15) is 11.5 Å². The van der Waals surface area contributed by atoms with Gasteiger partial charge in [0.15, 0.2) is 6.61 Å². The topological polar surface area (TPSA) is 77.0 Å². The Morgan fingerprint density at radius 1 is 0.967 bits per heavy atom. The highest BCUT2D eigenvalue weighted by atomic mass is 79.9. The van der Waals surface area contributed by atoms with Crippen LogP contribution in [0.3, 0.4) is 0 Å². The first-order chi connectivity index (χ1) is 14.5. The highest BCUT2D eigenvalue weighted by molar-refractivity contribution is 9.10. The fourth-order valence-electron chi connectivity index (χ4n) is 2.30. The van der Waals surface area contributed by atoms with E-state index in [-0.39, 0.29) is 6.61 Å². The molecule has 3 aromatic rings. The zero-order chi connectivity index (χ0) is 21.3. The number of benzene rings is 3. The molecule has 152 valence electrons. The molecule has 3 aromatic carbocycles. The highest BCUT2D eigenvalue weighted by Gasteiger charge is 2.11. The van der Waals surface area contributed by atoms with Crippen LogP contribution in [0.5, 0.6) is 11.5 Å². The Kier molecular flexibility index (Phi) is 7.59. The minimum absolute atomic E-state index is 0.178. The van der Waals surface area contributed by atoms with Crippen molar-refractivity contribution in [1.29, 1.82) is 0 Å². The number of amides is 1. The highest BCUT2D eigenvalue weighted by Crippen LogP contribution is 2.19. The summed E-state index contributed by atoms with van der Waals surface area (Å²) in [5.41, 5.74) is 3.53. The zero-order valence-corrected chi connectivity index (χ0v) is 17.9. The summed E-state index contributed by atoms with van der Waals surface area (Å²) < 4.78 is 11.3. The van der Waals surface area contributed by atoms with Gasteiger partial charge in [-0.1, -0.05) is 23.7 Å². The van der Waals surface area contributed by atoms with E-state index in [1.807, 2.05) is 6.07 Å². The van der Waals surface area contributed by atoms with Crippen LogP contribution < -0.4 is 14.9 Å². The Morgan fingerprint density at radius 2 is 1.63 bits per heavy atom. The average molecular weight is 488 g/mol. The van der Waals surface area contributed by atoms with Crippen LogP contribution in [0.2, 0.25) is 5.02 Å². The smallest absolute Gasteiger partial charge is 0.344 e. The van der Waals surface area contributed by atoms with Gasteiger partial charge in [0.25, 0.3) is 5.91 Å². The third-order valence-corrected chi connectivity index (χ3v) is 4.71. The molecular weight excluding hydrogens is 472 g/mol. The van der Waals surface area contributed by atoms with E-state index in [1.54, 1.807) is 66.7 Å². The van der Waals surface area contributed by atoms with Gasteiger partial charge in [0, 0.05) is 9.50 Å². The summed E-state index contributed by atoms with van der Waals surface area (Å²) in [7, 11) is 0. The van der Waals surface area contributed by atoms with E-state index in [2.05, 4.69) is 26.5 Å². The maximum atomic E-state index is 12.2. The second kappa shape index (κ2) is 10.6. The van der Waals surface area contributed by atoms with Crippen molar-refractivity contribution in [2.24, 2.45) is 5.10 Å². The van der Waals surface area contributed by atoms with Crippen molar-refractivity contribution in [3.05, 3.63) is 93.4 Å². The first-order valence-corrected chi connectivity index (χ1v) is 9.95. The lowest BCUT2D eigenvalue weighted by Crippen LogP contribution is -2.24. The van der Waals surface area contributed by atoms with Crippen LogP contribution in [0, 0.1) is 0 Å². The van der Waals surface area contributed by atoms with Crippen molar-refractivity contribution in [3.8, 4) is 11.5 Å². The number of esters is 1. The van der Waals surface area contributed by atoms with Gasteiger partial charge in [-0.2, -0.15) is 5.10 Å². The second-order valence-electron chi connectivity index (χ2n) is 5.97. The summed E-state index contributed by atoms with van der Waals surface area (Å²) in [6.45, 7) is -0.178. The fourth-order valence-corrected chi connectivity index (χ4v) is 2.87. The number of carbonyl (C=O) groups excluding carboxylic acids is 2. The second-order valence-corrected chi connectivity index (χ2v) is 7.26. The van der Waals surface area contributed by atoms with Crippen molar-refractivity contribution < 1.29 is 19.1 Å². The Hall–Kier alpha value is -3.16. The van der Waals surface area contributed by atoms with Gasteiger partial charge >= 0.3 is 5.97 Å². The molecule has 6 nitrogen and oxygen atoms in total. The standard InChI is InChI=1S/C22H16BrClN2O4/c23-20-4-2-1-3-19(20)22(28)30-18-9-5-15(6-10-18)13-25-26-21(27)14-29-17-11-7-16(24)8-12-17/h1-13H,14H2,(H,26,27)/b25-13+. The van der Waals surface area contributed by atoms with E-state index in [0.29, 0.717) is 26.6 Å². The lowest BCUT2D eigenvalue weighted by atomic mass is 10.2. The van der Waals surface area contributed by atoms with E-state index in [1.165, 1.54) is 6.21 Å². The van der Waals surface area contributed by atoms with Gasteiger partial charge < -0.3 is 9.47 Å². The number of halogens is 2. The fraction of sp³-hybridized carbons (Fsp3) is 0.0455. The molecule has 8 heteroatoms. The molecule has 0 aliphatic rings. The number of carbonyl (C=O) groups is 2. The van der Waals surface area contributed by atoms with Gasteiger partial charge in [0.2, 0.25) is 0 Å². The molecule has 1 N–H and O–H groups in total. The predicted octanol–water partition coefficient (Wildman–Crippen LogP) is 4.85. The van der Waals surface area contributed by atoms with Crippen LogP contribution in [-0.4, -0.2) is 24.7 Å². The molecule has 0 bridgehead atoms. The molecule has 0 radical (unpaired) electrons. The van der Waals surface area contributed by atoms with Crippen molar-refractivity contribution in [2.45, 2.75) is 0 Å². The number of hydrogen-bond donors (Lipinski definition) is 1. The van der Waals surface area contributed by atoms with Crippen LogP contribution in [-0.2, 0) is 4.79 Å². The number of ether oxygens (including phenoxy) is 2. The number of rotatable bonds is 7. The van der Waals surface area contributed by atoms with Gasteiger partial charge in [-0.25, -0.2) is 10.2 Å². The van der Waals surface area contributed by atoms with Gasteiger partial charge in [0.05, 0.1) is 11.8 Å². The third-order valence-electron chi connectivity index (χ3n) is 3.77. The minimum Gasteiger partial charge on any atom is -0.484 e. The summed E-state index contributed by atoms with van der Waals surface area (Å²) in [6, 6.07) is 20.4. The third kappa shape index (κ3) is 6.43. The molecule has 30 heavy (non-hydrogen) atoms. The number of nitrogens with one attached hydrogen (secondary N) is 1. The van der Waals surface area contributed by atoms with Gasteiger partial charge in [-0.3, -0.25) is 4.79 Å². The van der Waals surface area contributed by atoms with E-state index in [0.717, 1.165) is 5.56 Å². The molecule has 0 saturated heterocycles. The van der Waals surface area contributed by atoms with E-state index >= 15 is 0 Å². The average Bonchev–Trinajstić information content (AvgIpc) is 2.75. The molecule has 0 unspecified atom stereocenters. The SMILES string of the molecule is O=C(COc1ccc(Cl)cc1)N/N=C/c1ccc(OC(=O)c2ccccc2Br)cc1. The van der Waals surface area contributed by atoms with Crippen LogP contribution in [0.25, 0.3) is 0 Å². The summed E-state index contributed by atoms with van der Waals surface area (Å²) in [5, 5.41) is 4.47.